The molecular formula is C28H29F3N4O4. The molecule has 2 fully saturated rings. The number of nitriles is 1. The van der Waals surface area contributed by atoms with Gasteiger partial charge < -0.3 is 15.1 Å². The second-order valence-electron chi connectivity index (χ2n) is 9.65. The van der Waals surface area contributed by atoms with Gasteiger partial charge >= 0.3 is 12.1 Å². The zero-order valence-corrected chi connectivity index (χ0v) is 21.2. The van der Waals surface area contributed by atoms with Crippen LogP contribution in [0.25, 0.3) is 11.1 Å². The maximum absolute atomic E-state index is 12.7. The maximum Gasteiger partial charge on any atom is 0.492 e. The number of halogens is 3. The Morgan fingerprint density at radius 1 is 0.949 bits per heavy atom. The van der Waals surface area contributed by atoms with Gasteiger partial charge in [0.05, 0.1) is 12.0 Å². The summed E-state index contributed by atoms with van der Waals surface area (Å²) in [6.45, 7) is 1.52. The standard InChI is InChI=1S/C28H29F3N4O4/c29-28(30,31)27(38)39-35-16-2-1-5-24(35)25(36)33-18-23(17-32)21-8-6-19(7-9-21)20-10-12-22(13-11-20)26(37)34-14-3-4-15-34/h6-13,23-24H,1-5,14-16,18H2,(H,33,36)/t23-,24-/m0/s1. The van der Waals surface area contributed by atoms with Crippen LogP contribution in [0.4, 0.5) is 13.2 Å². The van der Waals surface area contributed by atoms with Gasteiger partial charge in [-0.05, 0) is 60.9 Å². The van der Waals surface area contributed by atoms with Crippen molar-refractivity contribution in [3.8, 4) is 17.2 Å². The Bertz CT molecular complexity index is 1220. The number of hydrogen-bond donors (Lipinski definition) is 1. The molecule has 2 atom stereocenters. The minimum Gasteiger partial charge on any atom is -0.360 e. The molecule has 2 saturated heterocycles. The molecular weight excluding hydrogens is 513 g/mol. The summed E-state index contributed by atoms with van der Waals surface area (Å²) >= 11 is 0. The molecule has 2 aliphatic heterocycles. The van der Waals surface area contributed by atoms with Gasteiger partial charge in [0.1, 0.15) is 6.04 Å². The van der Waals surface area contributed by atoms with Crippen molar-refractivity contribution in [2.24, 2.45) is 0 Å². The highest BCUT2D eigenvalue weighted by atomic mass is 19.4. The lowest BCUT2D eigenvalue weighted by Gasteiger charge is -2.32. The fourth-order valence-corrected chi connectivity index (χ4v) is 4.81. The van der Waals surface area contributed by atoms with Crippen molar-refractivity contribution < 1.29 is 32.4 Å². The minimum absolute atomic E-state index is 0.0104. The van der Waals surface area contributed by atoms with E-state index in [1.165, 1.54) is 0 Å². The molecule has 39 heavy (non-hydrogen) atoms. The number of piperidine rings is 1. The average molecular weight is 543 g/mol. The van der Waals surface area contributed by atoms with E-state index in [1.54, 1.807) is 24.3 Å². The van der Waals surface area contributed by atoms with E-state index in [0.29, 0.717) is 24.0 Å². The van der Waals surface area contributed by atoms with E-state index in [1.807, 2.05) is 29.2 Å². The summed E-state index contributed by atoms with van der Waals surface area (Å²) in [5, 5.41) is 13.1. The van der Waals surface area contributed by atoms with Crippen molar-refractivity contribution in [1.29, 1.82) is 5.26 Å². The van der Waals surface area contributed by atoms with Gasteiger partial charge in [0.2, 0.25) is 5.91 Å². The molecule has 1 N–H and O–H groups in total. The second-order valence-corrected chi connectivity index (χ2v) is 9.65. The van der Waals surface area contributed by atoms with Crippen molar-refractivity contribution in [2.75, 3.05) is 26.2 Å². The zero-order valence-electron chi connectivity index (χ0n) is 21.2. The molecule has 0 radical (unpaired) electrons. The van der Waals surface area contributed by atoms with E-state index in [0.717, 1.165) is 42.1 Å². The lowest BCUT2D eigenvalue weighted by Crippen LogP contribution is -2.51. The lowest BCUT2D eigenvalue weighted by atomic mass is 9.96. The van der Waals surface area contributed by atoms with Crippen molar-refractivity contribution in [3.63, 3.8) is 0 Å². The summed E-state index contributed by atoms with van der Waals surface area (Å²) in [6.07, 6.45) is -1.80. The largest absolute Gasteiger partial charge is 0.492 e. The number of alkyl halides is 3. The highest BCUT2D eigenvalue weighted by molar-refractivity contribution is 5.94. The van der Waals surface area contributed by atoms with Gasteiger partial charge in [-0.15, -0.1) is 5.06 Å². The molecule has 11 heteroatoms. The molecule has 0 bridgehead atoms. The van der Waals surface area contributed by atoms with Gasteiger partial charge in [-0.1, -0.05) is 36.4 Å². The molecule has 2 aliphatic rings. The first-order valence-corrected chi connectivity index (χ1v) is 12.9. The molecule has 206 valence electrons. The summed E-state index contributed by atoms with van der Waals surface area (Å²) in [5.41, 5.74) is 3.10. The SMILES string of the molecule is N#C[C@@H](CNC(=O)[C@@H]1CCCCN1OC(=O)C(F)(F)F)c1ccc(-c2ccc(C(=O)N3CCCC3)cc2)cc1. The molecule has 0 saturated carbocycles. The highest BCUT2D eigenvalue weighted by Crippen LogP contribution is 2.25. The summed E-state index contributed by atoms with van der Waals surface area (Å²) in [4.78, 5) is 42.8. The predicted molar refractivity (Wildman–Crippen MR) is 135 cm³/mol. The first-order valence-electron chi connectivity index (χ1n) is 12.9. The normalized spacial score (nSPS) is 18.7. The zero-order chi connectivity index (χ0) is 28.0. The molecule has 2 heterocycles. The van der Waals surface area contributed by atoms with Crippen LogP contribution in [0.3, 0.4) is 0 Å². The van der Waals surface area contributed by atoms with Gasteiger partial charge in [-0.25, -0.2) is 4.79 Å². The molecule has 0 spiro atoms. The van der Waals surface area contributed by atoms with E-state index >= 15 is 0 Å². The first kappa shape index (κ1) is 28.1. The van der Waals surface area contributed by atoms with E-state index in [-0.39, 0.29) is 25.4 Å². The van der Waals surface area contributed by atoms with Crippen LogP contribution in [0.2, 0.25) is 0 Å². The number of hydrogen-bond acceptors (Lipinski definition) is 6. The van der Waals surface area contributed by atoms with Gasteiger partial charge in [0.25, 0.3) is 5.91 Å². The quantitative estimate of drug-likeness (QED) is 0.563. The fourth-order valence-electron chi connectivity index (χ4n) is 4.81. The second kappa shape index (κ2) is 12.3. The van der Waals surface area contributed by atoms with Crippen LogP contribution in [-0.2, 0) is 14.4 Å². The Balaban J connectivity index is 1.35. The number of hydroxylamine groups is 2. The number of carbonyl (C=O) groups excluding carboxylic acids is 3. The van der Waals surface area contributed by atoms with Crippen LogP contribution in [-0.4, -0.2) is 66.1 Å². The van der Waals surface area contributed by atoms with Crippen molar-refractivity contribution >= 4 is 17.8 Å². The van der Waals surface area contributed by atoms with Crippen LogP contribution in [0, 0.1) is 11.3 Å². The van der Waals surface area contributed by atoms with E-state index < -0.39 is 30.0 Å². The molecule has 0 aromatic heterocycles. The molecule has 2 amide bonds. The number of nitrogens with one attached hydrogen (secondary N) is 1. The first-order chi connectivity index (χ1) is 18.7. The van der Waals surface area contributed by atoms with Crippen molar-refractivity contribution in [3.05, 3.63) is 59.7 Å². The van der Waals surface area contributed by atoms with Crippen molar-refractivity contribution in [2.45, 2.75) is 50.2 Å². The third kappa shape index (κ3) is 6.95. The smallest absolute Gasteiger partial charge is 0.360 e. The number of benzene rings is 2. The van der Waals surface area contributed by atoms with Crippen molar-refractivity contribution in [1.82, 2.24) is 15.3 Å². The van der Waals surface area contributed by atoms with Crippen LogP contribution in [0.5, 0.6) is 0 Å². The summed E-state index contributed by atoms with van der Waals surface area (Å²) in [5.74, 6) is -3.64. The fraction of sp³-hybridized carbons (Fsp3) is 0.429. The molecule has 8 nitrogen and oxygen atoms in total. The highest BCUT2D eigenvalue weighted by Gasteiger charge is 2.44. The van der Waals surface area contributed by atoms with Gasteiger partial charge in [-0.3, -0.25) is 9.59 Å². The Hall–Kier alpha value is -3.91. The Morgan fingerprint density at radius 3 is 2.13 bits per heavy atom. The number of rotatable bonds is 7. The van der Waals surface area contributed by atoms with E-state index in [2.05, 4.69) is 16.2 Å². The maximum atomic E-state index is 12.7. The predicted octanol–water partition coefficient (Wildman–Crippen LogP) is 4.19. The minimum atomic E-state index is -5.16. The number of amides is 2. The van der Waals surface area contributed by atoms with Crippen LogP contribution < -0.4 is 5.32 Å². The van der Waals surface area contributed by atoms with Gasteiger partial charge in [-0.2, -0.15) is 18.4 Å². The third-order valence-corrected chi connectivity index (χ3v) is 7.00. The average Bonchev–Trinajstić information content (AvgIpc) is 3.48. The Morgan fingerprint density at radius 2 is 1.54 bits per heavy atom. The third-order valence-electron chi connectivity index (χ3n) is 7.00. The molecule has 2 aromatic carbocycles. The molecule has 0 unspecified atom stereocenters. The molecule has 0 aliphatic carbocycles. The van der Waals surface area contributed by atoms with Crippen LogP contribution in [0.1, 0.15) is 53.9 Å². The topological polar surface area (TPSA) is 103 Å². The molecule has 2 aromatic rings. The molecule has 4 rings (SSSR count). The Labute approximate surface area is 224 Å². The van der Waals surface area contributed by atoms with E-state index in [9.17, 15) is 32.8 Å². The van der Waals surface area contributed by atoms with E-state index in [4.69, 9.17) is 0 Å². The van der Waals surface area contributed by atoms with Crippen LogP contribution >= 0.6 is 0 Å². The van der Waals surface area contributed by atoms with Gasteiger partial charge in [0, 0.05) is 31.7 Å². The van der Waals surface area contributed by atoms with Gasteiger partial charge in [0.15, 0.2) is 0 Å². The summed E-state index contributed by atoms with van der Waals surface area (Å²) in [7, 11) is 0. The monoisotopic (exact) mass is 542 g/mol. The lowest BCUT2D eigenvalue weighted by molar-refractivity contribution is -0.248. The number of likely N-dealkylation sites (tertiary alicyclic amines) is 1. The van der Waals surface area contributed by atoms with Crippen LogP contribution in [0.15, 0.2) is 48.5 Å². The number of carbonyl (C=O) groups is 3. The Kier molecular flexibility index (Phi) is 8.86. The summed E-state index contributed by atoms with van der Waals surface area (Å²) < 4.78 is 37.8. The summed E-state index contributed by atoms with van der Waals surface area (Å²) in [6, 6.07) is 15.7. The number of nitrogens with zero attached hydrogens (tertiary/aromatic N) is 3.